The van der Waals surface area contributed by atoms with Crippen LogP contribution in [0.5, 0.6) is 0 Å². The number of hydrogen-bond donors (Lipinski definition) is 0. The minimum atomic E-state index is 0.333. The standard InChI is InChI=1S/C17H14BrN/c18-17(11-13-7-9-19-10-8-13)16-6-5-14-3-1-2-4-15(14)12-16/h1-10,12,17H,11H2. The molecule has 0 radical (unpaired) electrons. The van der Waals surface area contributed by atoms with E-state index < -0.39 is 0 Å². The molecule has 1 atom stereocenters. The molecule has 2 heteroatoms. The monoisotopic (exact) mass is 311 g/mol. The fourth-order valence-electron chi connectivity index (χ4n) is 2.25. The van der Waals surface area contributed by atoms with Gasteiger partial charge in [-0.05, 0) is 40.5 Å². The molecule has 19 heavy (non-hydrogen) atoms. The van der Waals surface area contributed by atoms with Crippen molar-refractivity contribution < 1.29 is 0 Å². The van der Waals surface area contributed by atoms with Crippen LogP contribution in [0.4, 0.5) is 0 Å². The van der Waals surface area contributed by atoms with E-state index in [1.807, 2.05) is 12.4 Å². The van der Waals surface area contributed by atoms with Crippen LogP contribution in [0.25, 0.3) is 10.8 Å². The predicted octanol–water partition coefficient (Wildman–Crippen LogP) is 4.91. The van der Waals surface area contributed by atoms with Gasteiger partial charge < -0.3 is 0 Å². The number of aromatic nitrogens is 1. The number of nitrogens with zero attached hydrogens (tertiary/aromatic N) is 1. The van der Waals surface area contributed by atoms with Gasteiger partial charge in [0.1, 0.15) is 0 Å². The Bertz CT molecular complexity index is 679. The Morgan fingerprint density at radius 2 is 1.63 bits per heavy atom. The van der Waals surface area contributed by atoms with Gasteiger partial charge in [-0.2, -0.15) is 0 Å². The van der Waals surface area contributed by atoms with Crippen LogP contribution in [-0.4, -0.2) is 4.98 Å². The lowest BCUT2D eigenvalue weighted by atomic mass is 10.0. The number of rotatable bonds is 3. The molecule has 1 aromatic heterocycles. The summed E-state index contributed by atoms with van der Waals surface area (Å²) in [5, 5.41) is 2.58. The molecule has 0 amide bonds. The van der Waals surface area contributed by atoms with E-state index >= 15 is 0 Å². The molecule has 1 heterocycles. The van der Waals surface area contributed by atoms with Crippen molar-refractivity contribution in [3.63, 3.8) is 0 Å². The maximum Gasteiger partial charge on any atom is 0.0435 e. The number of halogens is 1. The highest BCUT2D eigenvalue weighted by atomic mass is 79.9. The van der Waals surface area contributed by atoms with Crippen molar-refractivity contribution in [1.29, 1.82) is 0 Å². The van der Waals surface area contributed by atoms with Crippen LogP contribution < -0.4 is 0 Å². The first-order valence-electron chi connectivity index (χ1n) is 6.34. The third-order valence-corrected chi connectivity index (χ3v) is 4.15. The first kappa shape index (κ1) is 12.4. The fraction of sp³-hybridized carbons (Fsp3) is 0.118. The summed E-state index contributed by atoms with van der Waals surface area (Å²) in [6.07, 6.45) is 4.66. The molecule has 0 N–H and O–H groups in total. The van der Waals surface area contributed by atoms with Gasteiger partial charge in [0.15, 0.2) is 0 Å². The molecule has 0 aliphatic carbocycles. The largest absolute Gasteiger partial charge is 0.265 e. The second-order valence-corrected chi connectivity index (χ2v) is 5.74. The lowest BCUT2D eigenvalue weighted by Gasteiger charge is -2.11. The van der Waals surface area contributed by atoms with Gasteiger partial charge in [0, 0.05) is 17.2 Å². The highest BCUT2D eigenvalue weighted by Crippen LogP contribution is 2.29. The number of benzene rings is 2. The molecule has 94 valence electrons. The summed E-state index contributed by atoms with van der Waals surface area (Å²) in [5.74, 6) is 0. The Morgan fingerprint density at radius 1 is 0.895 bits per heavy atom. The molecule has 0 aliphatic heterocycles. The lowest BCUT2D eigenvalue weighted by molar-refractivity contribution is 0.946. The first-order chi connectivity index (χ1) is 9.33. The minimum Gasteiger partial charge on any atom is -0.265 e. The summed E-state index contributed by atoms with van der Waals surface area (Å²) in [5.41, 5.74) is 2.61. The molecule has 1 nitrogen and oxygen atoms in total. The van der Waals surface area contributed by atoms with E-state index in [9.17, 15) is 0 Å². The fourth-order valence-corrected chi connectivity index (χ4v) is 2.90. The van der Waals surface area contributed by atoms with Crippen LogP contribution in [0.3, 0.4) is 0 Å². The molecular weight excluding hydrogens is 298 g/mol. The zero-order chi connectivity index (χ0) is 13.1. The Balaban J connectivity index is 1.87. The summed E-state index contributed by atoms with van der Waals surface area (Å²) in [6.45, 7) is 0. The van der Waals surface area contributed by atoms with E-state index in [4.69, 9.17) is 0 Å². The van der Waals surface area contributed by atoms with Crippen molar-refractivity contribution in [2.75, 3.05) is 0 Å². The summed E-state index contributed by atoms with van der Waals surface area (Å²) in [4.78, 5) is 4.38. The van der Waals surface area contributed by atoms with E-state index in [-0.39, 0.29) is 0 Å². The van der Waals surface area contributed by atoms with Crippen LogP contribution in [0, 0.1) is 0 Å². The maximum atomic E-state index is 4.05. The van der Waals surface area contributed by atoms with E-state index in [1.165, 1.54) is 21.9 Å². The topological polar surface area (TPSA) is 12.9 Å². The zero-order valence-electron chi connectivity index (χ0n) is 10.5. The maximum absolute atomic E-state index is 4.05. The van der Waals surface area contributed by atoms with E-state index in [0.717, 1.165) is 6.42 Å². The highest BCUT2D eigenvalue weighted by molar-refractivity contribution is 9.09. The zero-order valence-corrected chi connectivity index (χ0v) is 12.0. The molecule has 3 aromatic rings. The predicted molar refractivity (Wildman–Crippen MR) is 83.6 cm³/mol. The quantitative estimate of drug-likeness (QED) is 0.626. The van der Waals surface area contributed by atoms with Crippen molar-refractivity contribution in [3.05, 3.63) is 78.1 Å². The van der Waals surface area contributed by atoms with Gasteiger partial charge in [-0.25, -0.2) is 0 Å². The van der Waals surface area contributed by atoms with Crippen LogP contribution in [-0.2, 0) is 6.42 Å². The third kappa shape index (κ3) is 2.85. The number of pyridine rings is 1. The molecule has 0 spiro atoms. The Morgan fingerprint density at radius 3 is 2.42 bits per heavy atom. The smallest absolute Gasteiger partial charge is 0.0435 e. The summed E-state index contributed by atoms with van der Waals surface area (Å²) >= 11 is 3.79. The molecule has 0 fully saturated rings. The van der Waals surface area contributed by atoms with Crippen LogP contribution in [0.15, 0.2) is 67.0 Å². The normalized spacial score (nSPS) is 12.5. The average Bonchev–Trinajstić information content (AvgIpc) is 2.48. The van der Waals surface area contributed by atoms with Crippen molar-refractivity contribution >= 4 is 26.7 Å². The van der Waals surface area contributed by atoms with E-state index in [1.54, 1.807) is 0 Å². The van der Waals surface area contributed by atoms with Crippen LogP contribution in [0.2, 0.25) is 0 Å². The first-order valence-corrected chi connectivity index (χ1v) is 7.26. The molecule has 0 bridgehead atoms. The van der Waals surface area contributed by atoms with Crippen molar-refractivity contribution in [2.45, 2.75) is 11.2 Å². The van der Waals surface area contributed by atoms with Crippen LogP contribution in [0.1, 0.15) is 16.0 Å². The Kier molecular flexibility index (Phi) is 3.60. The molecule has 0 aliphatic rings. The molecular formula is C17H14BrN. The lowest BCUT2D eigenvalue weighted by Crippen LogP contribution is -1.95. The summed E-state index contributed by atoms with van der Waals surface area (Å²) in [7, 11) is 0. The van der Waals surface area contributed by atoms with Gasteiger partial charge in [-0.1, -0.05) is 58.4 Å². The minimum absolute atomic E-state index is 0.333. The second kappa shape index (κ2) is 5.54. The van der Waals surface area contributed by atoms with Crippen molar-refractivity contribution in [1.82, 2.24) is 4.98 Å². The van der Waals surface area contributed by atoms with Gasteiger partial charge in [-0.15, -0.1) is 0 Å². The van der Waals surface area contributed by atoms with Crippen LogP contribution >= 0.6 is 15.9 Å². The average molecular weight is 312 g/mol. The number of hydrogen-bond acceptors (Lipinski definition) is 1. The number of fused-ring (bicyclic) bond motifs is 1. The number of alkyl halides is 1. The summed E-state index contributed by atoms with van der Waals surface area (Å²) < 4.78 is 0. The highest BCUT2D eigenvalue weighted by Gasteiger charge is 2.08. The van der Waals surface area contributed by atoms with E-state index in [0.29, 0.717) is 4.83 Å². The third-order valence-electron chi connectivity index (χ3n) is 3.30. The molecule has 0 saturated heterocycles. The Labute approximate surface area is 121 Å². The van der Waals surface area contributed by atoms with Crippen molar-refractivity contribution in [3.8, 4) is 0 Å². The van der Waals surface area contributed by atoms with Gasteiger partial charge in [0.05, 0.1) is 0 Å². The van der Waals surface area contributed by atoms with Gasteiger partial charge in [-0.3, -0.25) is 4.98 Å². The van der Waals surface area contributed by atoms with Gasteiger partial charge >= 0.3 is 0 Å². The summed E-state index contributed by atoms with van der Waals surface area (Å²) in [6, 6.07) is 19.2. The van der Waals surface area contributed by atoms with Gasteiger partial charge in [0.25, 0.3) is 0 Å². The Hall–Kier alpha value is -1.67. The second-order valence-electron chi connectivity index (χ2n) is 4.63. The molecule has 2 aromatic carbocycles. The SMILES string of the molecule is BrC(Cc1ccncc1)c1ccc2ccccc2c1. The molecule has 1 unspecified atom stereocenters. The van der Waals surface area contributed by atoms with E-state index in [2.05, 4.69) is 75.5 Å². The van der Waals surface area contributed by atoms with Gasteiger partial charge in [0.2, 0.25) is 0 Å². The molecule has 3 rings (SSSR count). The van der Waals surface area contributed by atoms with Crippen molar-refractivity contribution in [2.24, 2.45) is 0 Å². The molecule has 0 saturated carbocycles.